The number of benzene rings is 1. The molecule has 0 radical (unpaired) electrons. The van der Waals surface area contributed by atoms with Gasteiger partial charge in [-0.2, -0.15) is 13.2 Å². The summed E-state index contributed by atoms with van der Waals surface area (Å²) >= 11 is 2.08. The van der Waals surface area contributed by atoms with Crippen LogP contribution in [0.1, 0.15) is 34.0 Å². The lowest BCUT2D eigenvalue weighted by Gasteiger charge is -2.19. The normalized spacial score (nSPS) is 13.7. The van der Waals surface area contributed by atoms with Crippen LogP contribution in [0.15, 0.2) is 11.6 Å². The van der Waals surface area contributed by atoms with E-state index in [1.165, 1.54) is 23.0 Å². The van der Waals surface area contributed by atoms with Crippen LogP contribution in [0.3, 0.4) is 0 Å². The van der Waals surface area contributed by atoms with Crippen molar-refractivity contribution in [2.24, 2.45) is 0 Å². The van der Waals surface area contributed by atoms with Gasteiger partial charge < -0.3 is 18.9 Å². The Balaban J connectivity index is 2.61. The van der Waals surface area contributed by atoms with Gasteiger partial charge in [0.2, 0.25) is 0 Å². The molecule has 1 heterocycles. The molecule has 1 aromatic rings. The van der Waals surface area contributed by atoms with Crippen LogP contribution in [0.2, 0.25) is 0 Å². The molecule has 0 aliphatic carbocycles. The molecule has 0 saturated heterocycles. The molecule has 0 N–H and O–H groups in total. The zero-order chi connectivity index (χ0) is 22.5. The van der Waals surface area contributed by atoms with E-state index in [9.17, 15) is 22.8 Å². The molecule has 0 atom stereocenters. The number of hydrogen-bond acceptors (Lipinski definition) is 7. The van der Waals surface area contributed by atoms with Crippen molar-refractivity contribution >= 4 is 42.1 Å². The number of halogens is 4. The number of carbonyl (C=O) groups is 2. The van der Waals surface area contributed by atoms with E-state index in [1.807, 2.05) is 0 Å². The summed E-state index contributed by atoms with van der Waals surface area (Å²) in [6.45, 7) is 3.16. The predicted octanol–water partition coefficient (Wildman–Crippen LogP) is 4.73. The second-order valence-corrected chi connectivity index (χ2v) is 8.59. The fraction of sp³-hybridized carbons (Fsp3) is 0.474. The van der Waals surface area contributed by atoms with E-state index < -0.39 is 23.7 Å². The molecule has 1 aliphatic heterocycles. The van der Waals surface area contributed by atoms with Gasteiger partial charge in [-0.05, 0) is 47.0 Å². The number of alkyl halides is 3. The molecule has 0 fully saturated rings. The Morgan fingerprint density at radius 2 is 2.03 bits per heavy atom. The van der Waals surface area contributed by atoms with Crippen LogP contribution in [0.4, 0.5) is 13.2 Å². The quantitative estimate of drug-likeness (QED) is 0.187. The van der Waals surface area contributed by atoms with E-state index in [0.717, 1.165) is 6.08 Å². The first-order chi connectivity index (χ1) is 14.2. The van der Waals surface area contributed by atoms with Crippen molar-refractivity contribution in [3.8, 4) is 11.5 Å². The van der Waals surface area contributed by atoms with E-state index in [0.29, 0.717) is 16.9 Å². The molecule has 166 valence electrons. The molecular weight excluding hydrogens is 540 g/mol. The third-order valence-electron chi connectivity index (χ3n) is 4.34. The van der Waals surface area contributed by atoms with Crippen molar-refractivity contribution in [3.05, 3.63) is 33.9 Å². The van der Waals surface area contributed by atoms with Crippen LogP contribution in [-0.4, -0.2) is 44.2 Å². The third kappa shape index (κ3) is 5.34. The first kappa shape index (κ1) is 24.6. The predicted molar refractivity (Wildman–Crippen MR) is 113 cm³/mol. The highest BCUT2D eigenvalue weighted by atomic mass is 127. The van der Waals surface area contributed by atoms with Crippen molar-refractivity contribution in [2.45, 2.75) is 33.1 Å². The van der Waals surface area contributed by atoms with Crippen LogP contribution >= 0.6 is 30.1 Å². The lowest BCUT2D eigenvalue weighted by atomic mass is 9.94. The molecule has 0 amide bonds. The van der Waals surface area contributed by atoms with Crippen molar-refractivity contribution in [2.75, 3.05) is 26.1 Å². The smallest absolute Gasteiger partial charge is 0.423 e. The summed E-state index contributed by atoms with van der Waals surface area (Å²) in [6, 6.07) is 0. The van der Waals surface area contributed by atoms with Gasteiger partial charge in [0.25, 0.3) is 0 Å². The molecular formula is C19H20F3IO6S. The Labute approximate surface area is 188 Å². The lowest BCUT2D eigenvalue weighted by molar-refractivity contribution is -0.150. The van der Waals surface area contributed by atoms with Gasteiger partial charge in [0.1, 0.15) is 29.2 Å². The number of methoxy groups -OCH3 is 1. The highest BCUT2D eigenvalue weighted by Crippen LogP contribution is 2.43. The van der Waals surface area contributed by atoms with Crippen molar-refractivity contribution < 1.29 is 41.7 Å². The maximum Gasteiger partial charge on any atom is 0.423 e. The molecule has 1 aliphatic rings. The standard InChI is InChI=1S/C19H20F3IO6S/c1-4-27-17(24)13(19(20,21)22)6-5-11-15(26-3)10(2)12-9-29-18(25)14(12)16(11)28-7-8-30-23/h6H,4-5,7-9H2,1-3H3/b13-6-. The number of carbonyl (C=O) groups excluding carboxylic acids is 2. The maximum absolute atomic E-state index is 13.4. The molecule has 0 saturated carbocycles. The average Bonchev–Trinajstić information content (AvgIpc) is 3.05. The van der Waals surface area contributed by atoms with E-state index in [-0.39, 0.29) is 48.9 Å². The molecule has 6 nitrogen and oxygen atoms in total. The van der Waals surface area contributed by atoms with Gasteiger partial charge in [-0.15, -0.1) is 0 Å². The Hall–Kier alpha value is -1.63. The summed E-state index contributed by atoms with van der Waals surface area (Å²) in [4.78, 5) is 24.1. The lowest BCUT2D eigenvalue weighted by Crippen LogP contribution is -2.22. The summed E-state index contributed by atoms with van der Waals surface area (Å²) in [5, 5.41) is 0. The number of hydrogen-bond donors (Lipinski definition) is 0. The van der Waals surface area contributed by atoms with Crippen LogP contribution in [0, 0.1) is 6.92 Å². The van der Waals surface area contributed by atoms with Gasteiger partial charge in [-0.3, -0.25) is 0 Å². The fourth-order valence-corrected chi connectivity index (χ4v) is 3.76. The first-order valence-electron chi connectivity index (χ1n) is 8.87. The summed E-state index contributed by atoms with van der Waals surface area (Å²) in [5.41, 5.74) is 0.128. The monoisotopic (exact) mass is 560 g/mol. The number of rotatable bonds is 9. The van der Waals surface area contributed by atoms with E-state index in [2.05, 4.69) is 25.9 Å². The van der Waals surface area contributed by atoms with Gasteiger partial charge in [0, 0.05) is 16.9 Å². The highest BCUT2D eigenvalue weighted by Gasteiger charge is 2.40. The Morgan fingerprint density at radius 1 is 1.33 bits per heavy atom. The molecule has 0 aromatic heterocycles. The minimum absolute atomic E-state index is 0.0283. The molecule has 0 bridgehead atoms. The summed E-state index contributed by atoms with van der Waals surface area (Å²) < 4.78 is 61.0. The largest absolute Gasteiger partial charge is 0.496 e. The van der Waals surface area contributed by atoms with Gasteiger partial charge >= 0.3 is 18.1 Å². The number of allylic oxidation sites excluding steroid dienone is 1. The minimum atomic E-state index is -4.90. The number of esters is 2. The van der Waals surface area contributed by atoms with E-state index in [4.69, 9.17) is 14.2 Å². The zero-order valence-electron chi connectivity index (χ0n) is 16.5. The van der Waals surface area contributed by atoms with E-state index in [1.54, 1.807) is 6.92 Å². The molecule has 30 heavy (non-hydrogen) atoms. The van der Waals surface area contributed by atoms with E-state index >= 15 is 0 Å². The molecule has 11 heteroatoms. The summed E-state index contributed by atoms with van der Waals surface area (Å²) in [5.74, 6) is -1.09. The van der Waals surface area contributed by atoms with Crippen molar-refractivity contribution in [1.82, 2.24) is 0 Å². The second kappa shape index (κ2) is 10.6. The summed E-state index contributed by atoms with van der Waals surface area (Å²) in [6.07, 6.45) is -4.53. The second-order valence-electron chi connectivity index (χ2n) is 6.10. The van der Waals surface area contributed by atoms with Crippen LogP contribution in [0.25, 0.3) is 0 Å². The van der Waals surface area contributed by atoms with Gasteiger partial charge in [0.05, 0.1) is 20.3 Å². The van der Waals surface area contributed by atoms with Crippen molar-refractivity contribution in [1.29, 1.82) is 0 Å². The molecule has 0 unspecified atom stereocenters. The van der Waals surface area contributed by atoms with Gasteiger partial charge in [-0.25, -0.2) is 9.59 Å². The fourth-order valence-electron chi connectivity index (χ4n) is 3.07. The van der Waals surface area contributed by atoms with Gasteiger partial charge in [-0.1, -0.05) is 15.0 Å². The Bertz CT molecular complexity index is 854. The van der Waals surface area contributed by atoms with Crippen molar-refractivity contribution in [3.63, 3.8) is 0 Å². The number of fused-ring (bicyclic) bond motifs is 1. The Morgan fingerprint density at radius 3 is 2.60 bits per heavy atom. The molecule has 1 aromatic carbocycles. The van der Waals surface area contributed by atoms with Crippen LogP contribution < -0.4 is 9.47 Å². The average molecular weight is 560 g/mol. The first-order valence-corrected chi connectivity index (χ1v) is 12.4. The number of ether oxygens (including phenoxy) is 4. The third-order valence-corrected chi connectivity index (χ3v) is 5.99. The summed E-state index contributed by atoms with van der Waals surface area (Å²) in [7, 11) is 2.86. The topological polar surface area (TPSA) is 71.1 Å². The zero-order valence-corrected chi connectivity index (χ0v) is 19.5. The highest BCUT2D eigenvalue weighted by molar-refractivity contribution is 14.2. The van der Waals surface area contributed by atoms with Crippen LogP contribution in [0.5, 0.6) is 11.5 Å². The molecule has 0 spiro atoms. The van der Waals surface area contributed by atoms with Crippen LogP contribution in [-0.2, 0) is 27.3 Å². The minimum Gasteiger partial charge on any atom is -0.496 e. The Kier molecular flexibility index (Phi) is 8.71. The maximum atomic E-state index is 13.4. The van der Waals surface area contributed by atoms with Gasteiger partial charge in [0.15, 0.2) is 0 Å². The molecule has 2 rings (SSSR count). The SMILES string of the molecule is CCOC(=O)/C(=C/Cc1c(OC)c(C)c2c(c1OCCSI)C(=O)OC2)C(F)(F)F. The number of cyclic esters (lactones) is 1.